The van der Waals surface area contributed by atoms with Gasteiger partial charge in [-0.1, -0.05) is 30.3 Å². The maximum absolute atomic E-state index is 9.79. The van der Waals surface area contributed by atoms with Crippen LogP contribution in [-0.2, 0) is 0 Å². The van der Waals surface area contributed by atoms with Crippen LogP contribution in [0.5, 0.6) is 11.5 Å². The molecule has 2 aromatic carbocycles. The molecule has 0 aliphatic heterocycles. The topological polar surface area (TPSA) is 38.7 Å². The van der Waals surface area contributed by atoms with Gasteiger partial charge in [-0.15, -0.1) is 0 Å². The first-order valence-corrected chi connectivity index (χ1v) is 6.29. The number of benzene rings is 2. The van der Waals surface area contributed by atoms with Crippen LogP contribution in [0.15, 0.2) is 54.6 Å². The Morgan fingerprint density at radius 3 is 2.21 bits per heavy atom. The molecule has 1 atom stereocenters. The van der Waals surface area contributed by atoms with Crippen LogP contribution in [0.4, 0.5) is 0 Å². The largest absolute Gasteiger partial charge is 0.491 e. The number of aliphatic hydroxyl groups excluding tert-OH is 1. The zero-order valence-electron chi connectivity index (χ0n) is 11.0. The number of aliphatic hydroxyl groups is 1. The molecule has 0 heterocycles. The van der Waals surface area contributed by atoms with Gasteiger partial charge in [-0.05, 0) is 36.8 Å². The second-order valence-corrected chi connectivity index (χ2v) is 4.41. The van der Waals surface area contributed by atoms with E-state index in [2.05, 4.69) is 0 Å². The summed E-state index contributed by atoms with van der Waals surface area (Å²) in [7, 11) is 0. The van der Waals surface area contributed by atoms with Crippen molar-refractivity contribution in [3.05, 3.63) is 60.2 Å². The van der Waals surface area contributed by atoms with E-state index in [1.807, 2.05) is 61.5 Å². The van der Waals surface area contributed by atoms with Crippen LogP contribution in [-0.4, -0.2) is 24.4 Å². The Hall–Kier alpha value is -2.00. The van der Waals surface area contributed by atoms with Crippen LogP contribution >= 0.6 is 0 Å². The van der Waals surface area contributed by atoms with E-state index in [9.17, 15) is 5.11 Å². The summed E-state index contributed by atoms with van der Waals surface area (Å²) in [4.78, 5) is 0. The molecule has 2 aromatic rings. The van der Waals surface area contributed by atoms with E-state index in [0.29, 0.717) is 0 Å². The third-order valence-electron chi connectivity index (χ3n) is 2.62. The molecule has 1 N–H and O–H groups in total. The first kappa shape index (κ1) is 13.4. The van der Waals surface area contributed by atoms with Gasteiger partial charge in [0.25, 0.3) is 0 Å². The van der Waals surface area contributed by atoms with E-state index in [1.54, 1.807) is 0 Å². The maximum Gasteiger partial charge on any atom is 0.122 e. The van der Waals surface area contributed by atoms with Crippen molar-refractivity contribution in [3.8, 4) is 11.5 Å². The van der Waals surface area contributed by atoms with E-state index in [1.165, 1.54) is 0 Å². The molecule has 0 fully saturated rings. The Bertz CT molecular complexity index is 496. The second-order valence-electron chi connectivity index (χ2n) is 4.41. The van der Waals surface area contributed by atoms with Crippen molar-refractivity contribution in [2.45, 2.75) is 13.0 Å². The molecular weight excluding hydrogens is 240 g/mol. The van der Waals surface area contributed by atoms with Gasteiger partial charge in [0, 0.05) is 0 Å². The van der Waals surface area contributed by atoms with Crippen LogP contribution in [0.3, 0.4) is 0 Å². The molecule has 2 rings (SSSR count). The summed E-state index contributed by atoms with van der Waals surface area (Å²) in [5.41, 5.74) is 1.13. The van der Waals surface area contributed by atoms with Crippen molar-refractivity contribution in [3.63, 3.8) is 0 Å². The van der Waals surface area contributed by atoms with Crippen LogP contribution in [0.1, 0.15) is 5.56 Å². The van der Waals surface area contributed by atoms with Gasteiger partial charge < -0.3 is 14.6 Å². The smallest absolute Gasteiger partial charge is 0.122 e. The van der Waals surface area contributed by atoms with E-state index in [-0.39, 0.29) is 13.2 Å². The lowest BCUT2D eigenvalue weighted by Crippen LogP contribution is -2.25. The van der Waals surface area contributed by atoms with Crippen molar-refractivity contribution in [2.75, 3.05) is 13.2 Å². The fourth-order valence-electron chi connectivity index (χ4n) is 1.65. The summed E-state index contributed by atoms with van der Waals surface area (Å²) in [5, 5.41) is 9.79. The minimum Gasteiger partial charge on any atom is -0.491 e. The van der Waals surface area contributed by atoms with Crippen molar-refractivity contribution < 1.29 is 14.6 Å². The van der Waals surface area contributed by atoms with E-state index < -0.39 is 6.10 Å². The molecule has 0 aromatic heterocycles. The third-order valence-corrected chi connectivity index (χ3v) is 2.62. The van der Waals surface area contributed by atoms with Crippen molar-refractivity contribution in [1.29, 1.82) is 0 Å². The number of aryl methyl sites for hydroxylation is 1. The number of hydrogen-bond acceptors (Lipinski definition) is 3. The van der Waals surface area contributed by atoms with Crippen molar-refractivity contribution >= 4 is 0 Å². The first-order chi connectivity index (χ1) is 9.24. The van der Waals surface area contributed by atoms with Gasteiger partial charge in [-0.25, -0.2) is 0 Å². The Labute approximate surface area is 113 Å². The first-order valence-electron chi connectivity index (χ1n) is 6.29. The third kappa shape index (κ3) is 4.64. The summed E-state index contributed by atoms with van der Waals surface area (Å²) < 4.78 is 11.0. The van der Waals surface area contributed by atoms with Crippen molar-refractivity contribution in [1.82, 2.24) is 0 Å². The SMILES string of the molecule is Cc1cccc(OCC(O)COc2ccccc2)c1. The number of ether oxygens (including phenoxy) is 2. The molecule has 3 nitrogen and oxygen atoms in total. The van der Waals surface area contributed by atoms with Gasteiger partial charge in [0.2, 0.25) is 0 Å². The lowest BCUT2D eigenvalue weighted by Gasteiger charge is -2.13. The Kier molecular flexibility index (Phi) is 4.81. The quantitative estimate of drug-likeness (QED) is 0.866. The molecule has 19 heavy (non-hydrogen) atoms. The second kappa shape index (κ2) is 6.81. The Morgan fingerprint density at radius 1 is 0.895 bits per heavy atom. The van der Waals surface area contributed by atoms with Crippen LogP contribution < -0.4 is 9.47 Å². The molecule has 0 aliphatic carbocycles. The van der Waals surface area contributed by atoms with Gasteiger partial charge in [0.1, 0.15) is 30.8 Å². The Balaban J connectivity index is 1.74. The molecule has 0 spiro atoms. The highest BCUT2D eigenvalue weighted by Crippen LogP contribution is 2.13. The Morgan fingerprint density at radius 2 is 1.53 bits per heavy atom. The predicted octanol–water partition coefficient (Wildman–Crippen LogP) is 2.81. The molecule has 0 amide bonds. The summed E-state index contributed by atoms with van der Waals surface area (Å²) in [5.74, 6) is 1.51. The van der Waals surface area contributed by atoms with Gasteiger partial charge in [-0.2, -0.15) is 0 Å². The summed E-state index contributed by atoms with van der Waals surface area (Å²) in [6.45, 7) is 2.44. The molecule has 0 radical (unpaired) electrons. The summed E-state index contributed by atoms with van der Waals surface area (Å²) >= 11 is 0. The number of rotatable bonds is 6. The van der Waals surface area contributed by atoms with Crippen LogP contribution in [0.25, 0.3) is 0 Å². The zero-order valence-corrected chi connectivity index (χ0v) is 11.0. The molecular formula is C16H18O3. The molecule has 0 saturated carbocycles. The minimum atomic E-state index is -0.652. The molecule has 3 heteroatoms. The molecule has 0 aliphatic rings. The fourth-order valence-corrected chi connectivity index (χ4v) is 1.65. The van der Waals surface area contributed by atoms with Gasteiger partial charge in [-0.3, -0.25) is 0 Å². The number of hydrogen-bond donors (Lipinski definition) is 1. The van der Waals surface area contributed by atoms with Gasteiger partial charge >= 0.3 is 0 Å². The summed E-state index contributed by atoms with van der Waals surface area (Å²) in [6, 6.07) is 17.2. The number of para-hydroxylation sites is 1. The predicted molar refractivity (Wildman–Crippen MR) is 74.6 cm³/mol. The molecule has 100 valence electrons. The average molecular weight is 258 g/mol. The molecule has 0 saturated heterocycles. The highest BCUT2D eigenvalue weighted by Gasteiger charge is 2.06. The van der Waals surface area contributed by atoms with Crippen LogP contribution in [0, 0.1) is 6.92 Å². The van der Waals surface area contributed by atoms with Gasteiger partial charge in [0.05, 0.1) is 0 Å². The van der Waals surface area contributed by atoms with E-state index >= 15 is 0 Å². The average Bonchev–Trinajstić information content (AvgIpc) is 2.44. The lowest BCUT2D eigenvalue weighted by molar-refractivity contribution is 0.0626. The highest BCUT2D eigenvalue weighted by molar-refractivity contribution is 5.27. The minimum absolute atomic E-state index is 0.218. The van der Waals surface area contributed by atoms with E-state index in [4.69, 9.17) is 9.47 Å². The van der Waals surface area contributed by atoms with Crippen LogP contribution in [0.2, 0.25) is 0 Å². The molecule has 1 unspecified atom stereocenters. The zero-order chi connectivity index (χ0) is 13.5. The summed E-state index contributed by atoms with van der Waals surface area (Å²) in [6.07, 6.45) is -0.652. The highest BCUT2D eigenvalue weighted by atomic mass is 16.5. The molecule has 0 bridgehead atoms. The van der Waals surface area contributed by atoms with Gasteiger partial charge in [0.15, 0.2) is 0 Å². The van der Waals surface area contributed by atoms with Crippen molar-refractivity contribution in [2.24, 2.45) is 0 Å². The standard InChI is InChI=1S/C16H18O3/c1-13-6-5-9-16(10-13)19-12-14(17)11-18-15-7-3-2-4-8-15/h2-10,14,17H,11-12H2,1H3. The maximum atomic E-state index is 9.79. The van der Waals surface area contributed by atoms with E-state index in [0.717, 1.165) is 17.1 Å². The lowest BCUT2D eigenvalue weighted by atomic mass is 10.2. The fraction of sp³-hybridized carbons (Fsp3) is 0.250. The normalized spacial score (nSPS) is 11.9. The monoisotopic (exact) mass is 258 g/mol.